The van der Waals surface area contributed by atoms with Crippen LogP contribution in [0.2, 0.25) is 0 Å². The topological polar surface area (TPSA) is 0 Å². The van der Waals surface area contributed by atoms with Crippen LogP contribution in [0, 0.1) is 11.8 Å². The molecular weight excluding hydrogens is 120 g/mol. The summed E-state index contributed by atoms with van der Waals surface area (Å²) in [5.41, 5.74) is 1.52. The summed E-state index contributed by atoms with van der Waals surface area (Å²) in [5, 5.41) is 0. The van der Waals surface area contributed by atoms with E-state index in [1.807, 2.05) is 0 Å². The predicted octanol–water partition coefficient (Wildman–Crippen LogP) is 2.69. The third kappa shape index (κ3) is 0.756. The van der Waals surface area contributed by atoms with Gasteiger partial charge < -0.3 is 0 Å². The summed E-state index contributed by atoms with van der Waals surface area (Å²) in [6.07, 6.45) is 12.6. The number of allylic oxidation sites excluding steroid dienone is 6. The van der Waals surface area contributed by atoms with Gasteiger partial charge in [-0.05, 0) is 19.3 Å². The molecule has 0 bridgehead atoms. The molecule has 0 N–H and O–H groups in total. The van der Waals surface area contributed by atoms with Crippen LogP contribution in [0.15, 0.2) is 36.0 Å². The summed E-state index contributed by atoms with van der Waals surface area (Å²) in [6.45, 7) is 2.22. The quantitative estimate of drug-likeness (QED) is 0.444. The maximum atomic E-state index is 2.33. The highest BCUT2D eigenvalue weighted by molar-refractivity contribution is 5.28. The van der Waals surface area contributed by atoms with Gasteiger partial charge in [0.05, 0.1) is 0 Å². The van der Waals surface area contributed by atoms with Crippen molar-refractivity contribution in [2.24, 2.45) is 11.8 Å². The Morgan fingerprint density at radius 3 is 3.10 bits per heavy atom. The normalized spacial score (nSPS) is 35.9. The van der Waals surface area contributed by atoms with Gasteiger partial charge in [0.2, 0.25) is 0 Å². The molecule has 0 heterocycles. The molecule has 0 nitrogen and oxygen atoms in total. The third-order valence-corrected chi connectivity index (χ3v) is 2.46. The van der Waals surface area contributed by atoms with Gasteiger partial charge in [0.1, 0.15) is 0 Å². The molecule has 10 heavy (non-hydrogen) atoms. The van der Waals surface area contributed by atoms with Gasteiger partial charge in [-0.25, -0.2) is 0 Å². The van der Waals surface area contributed by atoms with Crippen LogP contribution in [-0.4, -0.2) is 0 Å². The lowest BCUT2D eigenvalue weighted by atomic mass is 9.86. The Kier molecular flexibility index (Phi) is 1.26. The Hall–Kier alpha value is -0.780. The van der Waals surface area contributed by atoms with Crippen molar-refractivity contribution in [3.8, 4) is 0 Å². The second-order valence-corrected chi connectivity index (χ2v) is 3.15. The van der Waals surface area contributed by atoms with E-state index in [4.69, 9.17) is 0 Å². The minimum absolute atomic E-state index is 0.727. The lowest BCUT2D eigenvalue weighted by Gasteiger charge is -2.19. The van der Waals surface area contributed by atoms with Gasteiger partial charge >= 0.3 is 0 Å². The van der Waals surface area contributed by atoms with Gasteiger partial charge in [-0.1, -0.05) is 36.0 Å². The molecule has 0 saturated heterocycles. The molecule has 0 aromatic heterocycles. The molecular formula is C10H12. The molecule has 2 unspecified atom stereocenters. The Labute approximate surface area is 61.9 Å². The highest BCUT2D eigenvalue weighted by Crippen LogP contribution is 2.34. The SMILES string of the molecule is CC1=CC=CC2CC=CC12. The van der Waals surface area contributed by atoms with Crippen molar-refractivity contribution in [1.29, 1.82) is 0 Å². The average Bonchev–Trinajstić information content (AvgIpc) is 2.36. The maximum Gasteiger partial charge on any atom is 0.00430 e. The Bertz CT molecular complexity index is 218. The van der Waals surface area contributed by atoms with Crippen LogP contribution in [0.5, 0.6) is 0 Å². The predicted molar refractivity (Wildman–Crippen MR) is 43.6 cm³/mol. The van der Waals surface area contributed by atoms with Gasteiger partial charge in [-0.2, -0.15) is 0 Å². The molecule has 2 rings (SSSR count). The lowest BCUT2D eigenvalue weighted by Crippen LogP contribution is -2.08. The first-order valence-electron chi connectivity index (χ1n) is 3.89. The number of hydrogen-bond acceptors (Lipinski definition) is 0. The first-order chi connectivity index (χ1) is 4.88. The van der Waals surface area contributed by atoms with Crippen LogP contribution < -0.4 is 0 Å². The van der Waals surface area contributed by atoms with Crippen LogP contribution in [0.4, 0.5) is 0 Å². The molecule has 0 saturated carbocycles. The Morgan fingerprint density at radius 2 is 2.30 bits per heavy atom. The lowest BCUT2D eigenvalue weighted by molar-refractivity contribution is 0.569. The Morgan fingerprint density at radius 1 is 1.40 bits per heavy atom. The van der Waals surface area contributed by atoms with E-state index in [1.54, 1.807) is 0 Å². The summed E-state index contributed by atoms with van der Waals surface area (Å²) in [7, 11) is 0. The molecule has 2 aliphatic carbocycles. The standard InChI is InChI=1S/C10H12/c1-8-4-2-5-9-6-3-7-10(8)9/h2-5,7,9-10H,6H2,1H3. The van der Waals surface area contributed by atoms with Crippen molar-refractivity contribution in [1.82, 2.24) is 0 Å². The molecule has 2 atom stereocenters. The zero-order valence-electron chi connectivity index (χ0n) is 6.25. The summed E-state index contributed by atoms with van der Waals surface area (Å²) in [4.78, 5) is 0. The fraction of sp³-hybridized carbons (Fsp3) is 0.400. The van der Waals surface area contributed by atoms with E-state index in [9.17, 15) is 0 Å². The van der Waals surface area contributed by atoms with Crippen LogP contribution in [0.1, 0.15) is 13.3 Å². The number of rotatable bonds is 0. The van der Waals surface area contributed by atoms with Crippen molar-refractivity contribution in [3.63, 3.8) is 0 Å². The first-order valence-corrected chi connectivity index (χ1v) is 3.89. The number of fused-ring (bicyclic) bond motifs is 1. The molecule has 0 amide bonds. The van der Waals surface area contributed by atoms with Crippen molar-refractivity contribution in [3.05, 3.63) is 36.0 Å². The van der Waals surface area contributed by atoms with Crippen molar-refractivity contribution in [2.45, 2.75) is 13.3 Å². The molecule has 0 aromatic carbocycles. The van der Waals surface area contributed by atoms with E-state index in [0.717, 1.165) is 11.8 Å². The van der Waals surface area contributed by atoms with E-state index in [2.05, 4.69) is 37.3 Å². The molecule has 0 aromatic rings. The highest BCUT2D eigenvalue weighted by Gasteiger charge is 2.22. The molecule has 0 aliphatic heterocycles. The largest absolute Gasteiger partial charge is 0.0873 e. The molecule has 0 fully saturated rings. The minimum Gasteiger partial charge on any atom is -0.0873 e. The fourth-order valence-electron chi connectivity index (χ4n) is 1.82. The van der Waals surface area contributed by atoms with Gasteiger partial charge in [0, 0.05) is 5.92 Å². The molecule has 0 spiro atoms. The molecule has 0 heteroatoms. The van der Waals surface area contributed by atoms with Gasteiger partial charge in [-0.3, -0.25) is 0 Å². The second kappa shape index (κ2) is 2.12. The smallest absolute Gasteiger partial charge is 0.00430 e. The molecule has 2 aliphatic rings. The second-order valence-electron chi connectivity index (χ2n) is 3.15. The van der Waals surface area contributed by atoms with Crippen molar-refractivity contribution >= 4 is 0 Å². The molecule has 52 valence electrons. The van der Waals surface area contributed by atoms with Crippen LogP contribution in [0.25, 0.3) is 0 Å². The van der Waals surface area contributed by atoms with E-state index >= 15 is 0 Å². The van der Waals surface area contributed by atoms with Crippen LogP contribution in [-0.2, 0) is 0 Å². The van der Waals surface area contributed by atoms with E-state index in [-0.39, 0.29) is 0 Å². The van der Waals surface area contributed by atoms with Crippen LogP contribution in [0.3, 0.4) is 0 Å². The Balaban J connectivity index is 2.30. The zero-order chi connectivity index (χ0) is 6.97. The van der Waals surface area contributed by atoms with Gasteiger partial charge in [-0.15, -0.1) is 0 Å². The van der Waals surface area contributed by atoms with E-state index < -0.39 is 0 Å². The van der Waals surface area contributed by atoms with Crippen molar-refractivity contribution in [2.75, 3.05) is 0 Å². The van der Waals surface area contributed by atoms with E-state index in [1.165, 1.54) is 12.0 Å². The first kappa shape index (κ1) is 5.96. The van der Waals surface area contributed by atoms with E-state index in [0.29, 0.717) is 0 Å². The third-order valence-electron chi connectivity index (χ3n) is 2.46. The fourth-order valence-corrected chi connectivity index (χ4v) is 1.82. The summed E-state index contributed by atoms with van der Waals surface area (Å²) in [6, 6.07) is 0. The minimum atomic E-state index is 0.727. The van der Waals surface area contributed by atoms with Crippen molar-refractivity contribution < 1.29 is 0 Å². The molecule has 0 radical (unpaired) electrons. The average molecular weight is 132 g/mol. The van der Waals surface area contributed by atoms with Crippen LogP contribution >= 0.6 is 0 Å². The van der Waals surface area contributed by atoms with Gasteiger partial charge in [0.15, 0.2) is 0 Å². The summed E-state index contributed by atoms with van der Waals surface area (Å²) in [5.74, 6) is 1.51. The van der Waals surface area contributed by atoms with Gasteiger partial charge in [0.25, 0.3) is 0 Å². The number of hydrogen-bond donors (Lipinski definition) is 0. The monoisotopic (exact) mass is 132 g/mol. The highest BCUT2D eigenvalue weighted by atomic mass is 14.3. The summed E-state index contributed by atoms with van der Waals surface area (Å²) >= 11 is 0. The maximum absolute atomic E-state index is 2.33. The zero-order valence-corrected chi connectivity index (χ0v) is 6.25. The summed E-state index contributed by atoms with van der Waals surface area (Å²) < 4.78 is 0.